The van der Waals surface area contributed by atoms with Gasteiger partial charge in [-0.2, -0.15) is 8.68 Å². The van der Waals surface area contributed by atoms with E-state index >= 15 is 0 Å². The minimum atomic E-state index is -3.44. The standard InChI is InChI=1S/C17H22N4O3S2/c1-24-12-16-18-17(25-19-16)20-7-9-21(10-8-20)26(22,23)15-6-5-13-3-2-4-14(13)11-15/h5-6,11H,2-4,7-10,12H2,1H3. The lowest BCUT2D eigenvalue weighted by Gasteiger charge is -2.33. The van der Waals surface area contributed by atoms with Gasteiger partial charge < -0.3 is 9.64 Å². The number of ether oxygens (including phenoxy) is 1. The first kappa shape index (κ1) is 17.8. The Kier molecular flexibility index (Phi) is 4.96. The number of sulfonamides is 1. The van der Waals surface area contributed by atoms with Crippen LogP contribution in [0.25, 0.3) is 0 Å². The van der Waals surface area contributed by atoms with Crippen molar-refractivity contribution in [3.63, 3.8) is 0 Å². The molecule has 2 aliphatic rings. The predicted octanol–water partition coefficient (Wildman–Crippen LogP) is 1.68. The summed E-state index contributed by atoms with van der Waals surface area (Å²) < 4.78 is 36.9. The Hall–Kier alpha value is -1.55. The number of nitrogens with zero attached hydrogens (tertiary/aromatic N) is 4. The van der Waals surface area contributed by atoms with Crippen LogP contribution in [0.1, 0.15) is 23.4 Å². The van der Waals surface area contributed by atoms with Gasteiger partial charge >= 0.3 is 0 Å². The van der Waals surface area contributed by atoms with Crippen LogP contribution in [-0.2, 0) is 34.2 Å². The second-order valence-corrected chi connectivity index (χ2v) is 9.27. The van der Waals surface area contributed by atoms with Gasteiger partial charge in [0.1, 0.15) is 6.61 Å². The van der Waals surface area contributed by atoms with Gasteiger partial charge in [0.25, 0.3) is 0 Å². The van der Waals surface area contributed by atoms with Crippen molar-refractivity contribution in [2.45, 2.75) is 30.8 Å². The molecular formula is C17H22N4O3S2. The van der Waals surface area contributed by atoms with E-state index < -0.39 is 10.0 Å². The van der Waals surface area contributed by atoms with Crippen LogP contribution < -0.4 is 4.90 Å². The van der Waals surface area contributed by atoms with Gasteiger partial charge in [0.15, 0.2) is 5.82 Å². The molecule has 0 atom stereocenters. The summed E-state index contributed by atoms with van der Waals surface area (Å²) in [5, 5.41) is 0.826. The van der Waals surface area contributed by atoms with Crippen LogP contribution in [0.15, 0.2) is 23.1 Å². The van der Waals surface area contributed by atoms with Gasteiger partial charge in [0, 0.05) is 44.8 Å². The lowest BCUT2D eigenvalue weighted by molar-refractivity contribution is 0.179. The van der Waals surface area contributed by atoms with Gasteiger partial charge in [0.2, 0.25) is 15.2 Å². The molecule has 0 spiro atoms. The first-order chi connectivity index (χ1) is 12.6. The number of piperazine rings is 1. The van der Waals surface area contributed by atoms with Gasteiger partial charge in [0.05, 0.1) is 4.90 Å². The third-order valence-corrected chi connectivity index (χ3v) is 7.66. The Bertz CT molecular complexity index is 889. The molecule has 26 heavy (non-hydrogen) atoms. The Morgan fingerprint density at radius 1 is 1.15 bits per heavy atom. The summed E-state index contributed by atoms with van der Waals surface area (Å²) >= 11 is 1.33. The molecule has 2 heterocycles. The SMILES string of the molecule is COCc1nsc(N2CCN(S(=O)(=O)c3ccc4c(c3)CCC4)CC2)n1. The van der Waals surface area contributed by atoms with Crippen LogP contribution in [-0.4, -0.2) is 55.4 Å². The quantitative estimate of drug-likeness (QED) is 0.768. The summed E-state index contributed by atoms with van der Waals surface area (Å²) in [7, 11) is -1.82. The first-order valence-corrected chi connectivity index (χ1v) is 11.0. The summed E-state index contributed by atoms with van der Waals surface area (Å²) in [5.74, 6) is 0.667. The molecule has 1 saturated heterocycles. The fourth-order valence-electron chi connectivity index (χ4n) is 3.54. The molecule has 4 rings (SSSR count). The maximum absolute atomic E-state index is 13.0. The topological polar surface area (TPSA) is 75.6 Å². The van der Waals surface area contributed by atoms with Crippen LogP contribution in [0.3, 0.4) is 0 Å². The Labute approximate surface area is 157 Å². The number of fused-ring (bicyclic) bond motifs is 1. The summed E-state index contributed by atoms with van der Waals surface area (Å²) in [6, 6.07) is 5.60. The smallest absolute Gasteiger partial charge is 0.243 e. The third kappa shape index (κ3) is 3.36. The van der Waals surface area contributed by atoms with E-state index in [1.807, 2.05) is 12.1 Å². The molecule has 1 aromatic carbocycles. The van der Waals surface area contributed by atoms with E-state index in [-0.39, 0.29) is 0 Å². The number of aryl methyl sites for hydroxylation is 2. The molecule has 1 fully saturated rings. The van der Waals surface area contributed by atoms with E-state index in [0.717, 1.165) is 24.4 Å². The second kappa shape index (κ2) is 7.22. The number of methoxy groups -OCH3 is 1. The van der Waals surface area contributed by atoms with Crippen LogP contribution in [0.2, 0.25) is 0 Å². The van der Waals surface area contributed by atoms with Gasteiger partial charge in [-0.1, -0.05) is 6.07 Å². The molecular weight excluding hydrogens is 372 g/mol. The van der Waals surface area contributed by atoms with Crippen molar-refractivity contribution in [3.05, 3.63) is 35.2 Å². The highest BCUT2D eigenvalue weighted by Crippen LogP contribution is 2.27. The van der Waals surface area contributed by atoms with E-state index in [2.05, 4.69) is 14.3 Å². The van der Waals surface area contributed by atoms with E-state index in [4.69, 9.17) is 4.74 Å². The highest BCUT2D eigenvalue weighted by atomic mass is 32.2. The van der Waals surface area contributed by atoms with E-state index in [1.54, 1.807) is 17.5 Å². The van der Waals surface area contributed by atoms with Crippen molar-refractivity contribution in [2.24, 2.45) is 0 Å². The van der Waals surface area contributed by atoms with E-state index in [0.29, 0.717) is 43.5 Å². The predicted molar refractivity (Wildman–Crippen MR) is 100 cm³/mol. The van der Waals surface area contributed by atoms with Gasteiger partial charge in [-0.25, -0.2) is 13.4 Å². The van der Waals surface area contributed by atoms with Crippen LogP contribution in [0, 0.1) is 0 Å². The monoisotopic (exact) mass is 394 g/mol. The minimum absolute atomic E-state index is 0.392. The third-order valence-electron chi connectivity index (χ3n) is 4.95. The molecule has 2 aromatic rings. The Balaban J connectivity index is 1.45. The summed E-state index contributed by atoms with van der Waals surface area (Å²) in [6.07, 6.45) is 3.15. The molecule has 7 nitrogen and oxygen atoms in total. The highest BCUT2D eigenvalue weighted by Gasteiger charge is 2.30. The molecule has 1 aromatic heterocycles. The summed E-state index contributed by atoms with van der Waals surface area (Å²) in [5.41, 5.74) is 2.47. The van der Waals surface area contributed by atoms with E-state index in [1.165, 1.54) is 22.7 Å². The van der Waals surface area contributed by atoms with Crippen molar-refractivity contribution < 1.29 is 13.2 Å². The highest BCUT2D eigenvalue weighted by molar-refractivity contribution is 7.89. The average molecular weight is 395 g/mol. The zero-order chi connectivity index (χ0) is 18.1. The molecule has 140 valence electrons. The zero-order valence-electron chi connectivity index (χ0n) is 14.7. The maximum atomic E-state index is 13.0. The summed E-state index contributed by atoms with van der Waals surface area (Å²) in [4.78, 5) is 6.96. The second-order valence-electron chi connectivity index (χ2n) is 6.60. The molecule has 0 unspecified atom stereocenters. The van der Waals surface area contributed by atoms with Crippen LogP contribution in [0.4, 0.5) is 5.13 Å². The van der Waals surface area contributed by atoms with Gasteiger partial charge in [-0.05, 0) is 42.5 Å². The fraction of sp³-hybridized carbons (Fsp3) is 0.529. The molecule has 0 radical (unpaired) electrons. The molecule has 9 heteroatoms. The summed E-state index contributed by atoms with van der Waals surface area (Å²) in [6.45, 7) is 2.54. The zero-order valence-corrected chi connectivity index (χ0v) is 16.4. The molecule has 0 N–H and O–H groups in total. The van der Waals surface area contributed by atoms with Crippen molar-refractivity contribution in [3.8, 4) is 0 Å². The number of benzene rings is 1. The molecule has 1 aliphatic heterocycles. The first-order valence-electron chi connectivity index (χ1n) is 8.76. The molecule has 0 bridgehead atoms. The van der Waals surface area contributed by atoms with E-state index in [9.17, 15) is 8.42 Å². The largest absolute Gasteiger partial charge is 0.377 e. The number of aromatic nitrogens is 2. The molecule has 0 saturated carbocycles. The van der Waals surface area contributed by atoms with Crippen molar-refractivity contribution in [1.82, 2.24) is 13.7 Å². The Morgan fingerprint density at radius 3 is 2.69 bits per heavy atom. The number of hydrogen-bond acceptors (Lipinski definition) is 7. The normalized spacial score (nSPS) is 18.3. The van der Waals surface area contributed by atoms with Gasteiger partial charge in [-0.3, -0.25) is 0 Å². The molecule has 1 aliphatic carbocycles. The lowest BCUT2D eigenvalue weighted by atomic mass is 10.1. The number of hydrogen-bond donors (Lipinski definition) is 0. The average Bonchev–Trinajstić information content (AvgIpc) is 3.30. The van der Waals surface area contributed by atoms with Crippen LogP contribution in [0.5, 0.6) is 0 Å². The maximum Gasteiger partial charge on any atom is 0.243 e. The van der Waals surface area contributed by atoms with Crippen molar-refractivity contribution >= 4 is 26.7 Å². The van der Waals surface area contributed by atoms with Gasteiger partial charge in [-0.15, -0.1) is 0 Å². The molecule has 0 amide bonds. The lowest BCUT2D eigenvalue weighted by Crippen LogP contribution is -2.48. The number of rotatable bonds is 5. The fourth-order valence-corrected chi connectivity index (χ4v) is 5.74. The van der Waals surface area contributed by atoms with Crippen molar-refractivity contribution in [1.29, 1.82) is 0 Å². The van der Waals surface area contributed by atoms with Crippen LogP contribution >= 0.6 is 11.5 Å². The number of anilines is 1. The minimum Gasteiger partial charge on any atom is -0.377 e. The Morgan fingerprint density at radius 2 is 1.92 bits per heavy atom. The van der Waals surface area contributed by atoms with Crippen molar-refractivity contribution in [2.75, 3.05) is 38.2 Å².